The van der Waals surface area contributed by atoms with Gasteiger partial charge in [-0.2, -0.15) is 0 Å². The molecular formula is C18H34CuN2O. The molecule has 22 heavy (non-hydrogen) atoms. The third-order valence-corrected chi connectivity index (χ3v) is 4.56. The second-order valence-corrected chi connectivity index (χ2v) is 6.01. The van der Waals surface area contributed by atoms with Gasteiger partial charge in [-0.25, -0.2) is 0 Å². The number of ether oxygens (including phenoxy) is 1. The van der Waals surface area contributed by atoms with Gasteiger partial charge < -0.3 is 14.5 Å². The Balaban J connectivity index is 0.000000393. The number of rotatable bonds is 7. The van der Waals surface area contributed by atoms with E-state index in [0.717, 1.165) is 0 Å². The standard InChI is InChI=1S/C10H24N2.C8H10O.Cu/c1-5-11(6-2)9-10-12(7-3)8-4;1-6-4-3-5-8(2)7(6)9-8;/h5-10H2,1-4H3;3-5,7H,1-2H3;. The first-order chi connectivity index (χ1) is 10.0. The maximum absolute atomic E-state index is 5.42. The Bertz CT molecular complexity index is 350. The van der Waals surface area contributed by atoms with Crippen LogP contribution >= 0.6 is 0 Å². The summed E-state index contributed by atoms with van der Waals surface area (Å²) in [5, 5.41) is 0. The summed E-state index contributed by atoms with van der Waals surface area (Å²) < 4.78 is 5.42. The van der Waals surface area contributed by atoms with Crippen LogP contribution in [0.15, 0.2) is 23.8 Å². The van der Waals surface area contributed by atoms with Crippen molar-refractivity contribution in [3.05, 3.63) is 23.8 Å². The van der Waals surface area contributed by atoms with E-state index in [0.29, 0.717) is 6.10 Å². The van der Waals surface area contributed by atoms with Gasteiger partial charge in [0.15, 0.2) is 0 Å². The summed E-state index contributed by atoms with van der Waals surface area (Å²) in [4.78, 5) is 4.94. The van der Waals surface area contributed by atoms with E-state index in [-0.39, 0.29) is 22.7 Å². The third-order valence-electron chi connectivity index (χ3n) is 4.56. The van der Waals surface area contributed by atoms with Crippen molar-refractivity contribution in [3.63, 3.8) is 0 Å². The molecule has 0 spiro atoms. The molecule has 3 nitrogen and oxygen atoms in total. The predicted molar refractivity (Wildman–Crippen MR) is 91.8 cm³/mol. The minimum Gasteiger partial charge on any atom is -0.357 e. The molecule has 0 N–H and O–H groups in total. The van der Waals surface area contributed by atoms with E-state index in [9.17, 15) is 0 Å². The SMILES string of the molecule is CC1=CC=CC2(C)OC12.CCN(CC)CCN(CC)CC.[Cu]. The molecule has 4 heteroatoms. The normalized spacial score (nSPS) is 25.1. The van der Waals surface area contributed by atoms with Gasteiger partial charge in [0.2, 0.25) is 0 Å². The Morgan fingerprint density at radius 3 is 1.77 bits per heavy atom. The van der Waals surface area contributed by atoms with E-state index >= 15 is 0 Å². The van der Waals surface area contributed by atoms with E-state index in [1.807, 2.05) is 0 Å². The largest absolute Gasteiger partial charge is 0.357 e. The number of hydrogen-bond donors (Lipinski definition) is 0. The van der Waals surface area contributed by atoms with Gasteiger partial charge in [-0.3, -0.25) is 0 Å². The first-order valence-corrected chi connectivity index (χ1v) is 8.49. The fourth-order valence-corrected chi connectivity index (χ4v) is 2.73. The number of nitrogens with zero attached hydrogens (tertiary/aromatic N) is 2. The molecule has 1 radical (unpaired) electrons. The molecule has 1 aliphatic heterocycles. The second-order valence-electron chi connectivity index (χ2n) is 6.01. The zero-order chi connectivity index (χ0) is 15.9. The molecule has 1 fully saturated rings. The van der Waals surface area contributed by atoms with E-state index in [2.05, 4.69) is 69.6 Å². The number of hydrogen-bond acceptors (Lipinski definition) is 3. The van der Waals surface area contributed by atoms with Crippen LogP contribution in [-0.2, 0) is 21.8 Å². The van der Waals surface area contributed by atoms with Gasteiger partial charge in [-0.05, 0) is 45.6 Å². The van der Waals surface area contributed by atoms with Gasteiger partial charge in [0.05, 0.1) is 0 Å². The maximum atomic E-state index is 5.42. The monoisotopic (exact) mass is 357 g/mol. The predicted octanol–water partition coefficient (Wildman–Crippen LogP) is 3.33. The van der Waals surface area contributed by atoms with Crippen LogP contribution in [0.4, 0.5) is 0 Å². The van der Waals surface area contributed by atoms with Crippen LogP contribution in [0, 0.1) is 0 Å². The summed E-state index contributed by atoms with van der Waals surface area (Å²) in [5.74, 6) is 0. The molecule has 1 aliphatic carbocycles. The van der Waals surface area contributed by atoms with Gasteiger partial charge in [0.1, 0.15) is 11.7 Å². The summed E-state index contributed by atoms with van der Waals surface area (Å²) in [7, 11) is 0. The topological polar surface area (TPSA) is 19.0 Å². The smallest absolute Gasteiger partial charge is 0.115 e. The second kappa shape index (κ2) is 10.6. The molecule has 0 amide bonds. The molecule has 0 saturated carbocycles. The molecule has 0 aromatic rings. The van der Waals surface area contributed by atoms with Crippen molar-refractivity contribution in [1.29, 1.82) is 0 Å². The summed E-state index contributed by atoms with van der Waals surface area (Å²) in [6.45, 7) is 20.3. The van der Waals surface area contributed by atoms with Crippen LogP contribution in [-0.4, -0.2) is 60.8 Å². The average Bonchev–Trinajstić information content (AvgIpc) is 3.18. The van der Waals surface area contributed by atoms with Crippen molar-refractivity contribution >= 4 is 0 Å². The fourth-order valence-electron chi connectivity index (χ4n) is 2.73. The van der Waals surface area contributed by atoms with Crippen molar-refractivity contribution < 1.29 is 21.8 Å². The van der Waals surface area contributed by atoms with Gasteiger partial charge in [0, 0.05) is 30.2 Å². The van der Waals surface area contributed by atoms with Crippen LogP contribution in [0.3, 0.4) is 0 Å². The average molecular weight is 358 g/mol. The molecule has 2 unspecified atom stereocenters. The van der Waals surface area contributed by atoms with Gasteiger partial charge >= 0.3 is 0 Å². The Hall–Kier alpha value is -0.121. The van der Waals surface area contributed by atoms with Gasteiger partial charge in [0.25, 0.3) is 0 Å². The van der Waals surface area contributed by atoms with Crippen LogP contribution in [0.5, 0.6) is 0 Å². The molecule has 0 bridgehead atoms. The molecule has 2 aliphatic rings. The molecule has 1 saturated heterocycles. The molecular weight excluding hydrogens is 324 g/mol. The van der Waals surface area contributed by atoms with E-state index < -0.39 is 0 Å². The van der Waals surface area contributed by atoms with E-state index in [1.165, 1.54) is 44.8 Å². The fraction of sp³-hybridized carbons (Fsp3) is 0.778. The first kappa shape index (κ1) is 21.9. The molecule has 2 rings (SSSR count). The van der Waals surface area contributed by atoms with E-state index in [4.69, 9.17) is 4.74 Å². The Labute approximate surface area is 148 Å². The number of likely N-dealkylation sites (N-methyl/N-ethyl adjacent to an activating group) is 2. The zero-order valence-electron chi connectivity index (χ0n) is 15.2. The number of allylic oxidation sites excluding steroid dienone is 2. The van der Waals surface area contributed by atoms with E-state index in [1.54, 1.807) is 0 Å². The Kier molecular flexibility index (Phi) is 10.6. The van der Waals surface area contributed by atoms with Gasteiger partial charge in [-0.15, -0.1) is 0 Å². The minimum absolute atomic E-state index is 0. The van der Waals surface area contributed by atoms with Crippen LogP contribution in [0.25, 0.3) is 0 Å². The van der Waals surface area contributed by atoms with Gasteiger partial charge in [-0.1, -0.05) is 45.9 Å². The number of epoxide rings is 1. The zero-order valence-corrected chi connectivity index (χ0v) is 16.1. The van der Waals surface area contributed by atoms with Crippen molar-refractivity contribution in [2.45, 2.75) is 53.2 Å². The van der Waals surface area contributed by atoms with Crippen LogP contribution < -0.4 is 0 Å². The summed E-state index contributed by atoms with van der Waals surface area (Å²) in [5.41, 5.74) is 1.42. The Morgan fingerprint density at radius 1 is 1.00 bits per heavy atom. The summed E-state index contributed by atoms with van der Waals surface area (Å²) >= 11 is 0. The molecule has 1 heterocycles. The number of fused-ring (bicyclic) bond motifs is 1. The van der Waals surface area contributed by atoms with Crippen molar-refractivity contribution in [3.8, 4) is 0 Å². The molecule has 0 aromatic carbocycles. The molecule has 0 aromatic heterocycles. The quantitative estimate of drug-likeness (QED) is 0.514. The van der Waals surface area contributed by atoms with Crippen molar-refractivity contribution in [2.24, 2.45) is 0 Å². The third kappa shape index (κ3) is 6.55. The molecule has 2 atom stereocenters. The summed E-state index contributed by atoms with van der Waals surface area (Å²) in [6, 6.07) is 0. The van der Waals surface area contributed by atoms with Crippen LogP contribution in [0.2, 0.25) is 0 Å². The van der Waals surface area contributed by atoms with Crippen molar-refractivity contribution in [1.82, 2.24) is 9.80 Å². The minimum atomic E-state index is 0. The van der Waals surface area contributed by atoms with Crippen LogP contribution in [0.1, 0.15) is 41.5 Å². The molecule has 133 valence electrons. The first-order valence-electron chi connectivity index (χ1n) is 8.49. The maximum Gasteiger partial charge on any atom is 0.115 e. The van der Waals surface area contributed by atoms with Crippen molar-refractivity contribution in [2.75, 3.05) is 39.3 Å². The summed E-state index contributed by atoms with van der Waals surface area (Å²) in [6.07, 6.45) is 6.69. The Morgan fingerprint density at radius 2 is 1.45 bits per heavy atom.